The van der Waals surface area contributed by atoms with Crippen LogP contribution < -0.4 is 9.47 Å². The minimum atomic E-state index is 0.394. The van der Waals surface area contributed by atoms with Crippen molar-refractivity contribution in [3.63, 3.8) is 0 Å². The first kappa shape index (κ1) is 19.5. The molecule has 0 radical (unpaired) electrons. The molecule has 0 fully saturated rings. The van der Waals surface area contributed by atoms with Gasteiger partial charge >= 0.3 is 0 Å². The summed E-state index contributed by atoms with van der Waals surface area (Å²) in [5, 5.41) is 0.694. The minimum Gasteiger partial charge on any atom is -0.494 e. The molecular weight excluding hydrogens is 426 g/mol. The van der Waals surface area contributed by atoms with Crippen LogP contribution in [-0.4, -0.2) is 12.8 Å². The third kappa shape index (κ3) is 5.59. The number of benzene rings is 3. The maximum Gasteiger partial charge on any atom is 0.128 e. The minimum absolute atomic E-state index is 0.394. The van der Waals surface area contributed by atoms with E-state index in [4.69, 9.17) is 21.1 Å². The number of hydrogen-bond acceptors (Lipinski definition) is 3. The average molecular weight is 445 g/mol. The van der Waals surface area contributed by atoms with Crippen LogP contribution in [-0.2, 0) is 6.61 Å². The highest BCUT2D eigenvalue weighted by Gasteiger charge is 2.05. The van der Waals surface area contributed by atoms with Crippen molar-refractivity contribution >= 4 is 39.4 Å². The van der Waals surface area contributed by atoms with E-state index >= 15 is 0 Å². The van der Waals surface area contributed by atoms with Crippen molar-refractivity contribution < 1.29 is 9.47 Å². The second-order valence-electron chi connectivity index (χ2n) is 5.75. The second kappa shape index (κ2) is 9.58. The summed E-state index contributed by atoms with van der Waals surface area (Å²) < 4.78 is 12.4. The molecule has 0 bridgehead atoms. The third-order valence-electron chi connectivity index (χ3n) is 3.81. The summed E-state index contributed by atoms with van der Waals surface area (Å²) in [7, 11) is 0. The molecule has 0 N–H and O–H groups in total. The summed E-state index contributed by atoms with van der Waals surface area (Å²) >= 11 is 9.71. The number of hydrogen-bond donors (Lipinski definition) is 0. The zero-order chi connectivity index (χ0) is 19.1. The Morgan fingerprint density at radius 1 is 1.00 bits per heavy atom. The Labute approximate surface area is 172 Å². The van der Waals surface area contributed by atoms with Crippen molar-refractivity contribution in [1.82, 2.24) is 0 Å². The van der Waals surface area contributed by atoms with Crippen molar-refractivity contribution in [2.24, 2.45) is 4.99 Å². The number of nitrogens with zero attached hydrogens (tertiary/aromatic N) is 1. The zero-order valence-corrected chi connectivity index (χ0v) is 17.2. The quantitative estimate of drug-likeness (QED) is 0.374. The van der Waals surface area contributed by atoms with E-state index in [2.05, 4.69) is 20.9 Å². The normalized spacial score (nSPS) is 10.9. The molecule has 0 atom stereocenters. The molecule has 0 saturated heterocycles. The fourth-order valence-corrected chi connectivity index (χ4v) is 3.03. The maximum atomic E-state index is 6.21. The fraction of sp³-hybridized carbons (Fsp3) is 0.136. The van der Waals surface area contributed by atoms with Gasteiger partial charge in [0.15, 0.2) is 0 Å². The van der Waals surface area contributed by atoms with Gasteiger partial charge in [-0.15, -0.1) is 0 Å². The van der Waals surface area contributed by atoms with Gasteiger partial charge in [0.2, 0.25) is 0 Å². The van der Waals surface area contributed by atoms with Crippen LogP contribution in [0.25, 0.3) is 0 Å². The van der Waals surface area contributed by atoms with Gasteiger partial charge in [-0.3, -0.25) is 4.99 Å². The lowest BCUT2D eigenvalue weighted by Crippen LogP contribution is -1.99. The van der Waals surface area contributed by atoms with Gasteiger partial charge < -0.3 is 9.47 Å². The molecule has 0 aliphatic rings. The largest absolute Gasteiger partial charge is 0.494 e. The van der Waals surface area contributed by atoms with Crippen molar-refractivity contribution in [2.75, 3.05) is 6.61 Å². The van der Waals surface area contributed by atoms with E-state index in [1.54, 1.807) is 6.21 Å². The lowest BCUT2D eigenvalue weighted by molar-refractivity contribution is 0.306. The molecule has 3 aromatic rings. The van der Waals surface area contributed by atoms with Gasteiger partial charge in [-0.05, 0) is 55.5 Å². The first-order chi connectivity index (χ1) is 13.2. The first-order valence-electron chi connectivity index (χ1n) is 8.58. The molecule has 138 valence electrons. The van der Waals surface area contributed by atoms with Gasteiger partial charge in [-0.1, -0.05) is 45.7 Å². The van der Waals surface area contributed by atoms with E-state index in [1.165, 1.54) is 0 Å². The summed E-state index contributed by atoms with van der Waals surface area (Å²) in [6.45, 7) is 3.00. The highest BCUT2D eigenvalue weighted by molar-refractivity contribution is 9.10. The van der Waals surface area contributed by atoms with Crippen molar-refractivity contribution in [3.05, 3.63) is 87.4 Å². The lowest BCUT2D eigenvalue weighted by atomic mass is 10.2. The van der Waals surface area contributed by atoms with E-state index in [-0.39, 0.29) is 0 Å². The van der Waals surface area contributed by atoms with Crippen LogP contribution >= 0.6 is 27.5 Å². The maximum absolute atomic E-state index is 6.21. The predicted molar refractivity (Wildman–Crippen MR) is 115 cm³/mol. The SMILES string of the molecule is CCOc1ccc(N=Cc2cc(Br)ccc2OCc2ccccc2Cl)cc1. The van der Waals surface area contributed by atoms with Gasteiger partial charge in [-0.2, -0.15) is 0 Å². The fourth-order valence-electron chi connectivity index (χ4n) is 2.46. The number of rotatable bonds is 7. The molecule has 5 heteroatoms. The van der Waals surface area contributed by atoms with E-state index in [0.717, 1.165) is 32.8 Å². The molecule has 27 heavy (non-hydrogen) atoms. The van der Waals surface area contributed by atoms with Crippen molar-refractivity contribution in [3.8, 4) is 11.5 Å². The smallest absolute Gasteiger partial charge is 0.128 e. The predicted octanol–water partition coefficient (Wildman–Crippen LogP) is 6.83. The summed E-state index contributed by atoms with van der Waals surface area (Å²) in [5.41, 5.74) is 2.66. The molecule has 0 aliphatic carbocycles. The van der Waals surface area contributed by atoms with Crippen LogP contribution in [0.4, 0.5) is 5.69 Å². The highest BCUT2D eigenvalue weighted by atomic mass is 79.9. The molecule has 0 heterocycles. The lowest BCUT2D eigenvalue weighted by Gasteiger charge is -2.10. The molecule has 0 amide bonds. The van der Waals surface area contributed by atoms with Gasteiger partial charge in [0.05, 0.1) is 12.3 Å². The first-order valence-corrected chi connectivity index (χ1v) is 9.75. The molecule has 3 aromatic carbocycles. The Morgan fingerprint density at radius 3 is 2.52 bits per heavy atom. The van der Waals surface area contributed by atoms with E-state index in [9.17, 15) is 0 Å². The van der Waals surface area contributed by atoms with Crippen molar-refractivity contribution in [1.29, 1.82) is 0 Å². The van der Waals surface area contributed by atoms with E-state index in [1.807, 2.05) is 73.7 Å². The monoisotopic (exact) mass is 443 g/mol. The average Bonchev–Trinajstić information content (AvgIpc) is 2.68. The number of ether oxygens (including phenoxy) is 2. The van der Waals surface area contributed by atoms with Crippen molar-refractivity contribution in [2.45, 2.75) is 13.5 Å². The molecule has 0 spiro atoms. The van der Waals surface area contributed by atoms with Gasteiger partial charge in [0, 0.05) is 26.8 Å². The molecule has 0 aromatic heterocycles. The van der Waals surface area contributed by atoms with Crippen LogP contribution in [0.5, 0.6) is 11.5 Å². The van der Waals surface area contributed by atoms with E-state index < -0.39 is 0 Å². The summed E-state index contributed by atoms with van der Waals surface area (Å²) in [5.74, 6) is 1.58. The van der Waals surface area contributed by atoms with Gasteiger partial charge in [0.1, 0.15) is 18.1 Å². The molecule has 0 aliphatic heterocycles. The highest BCUT2D eigenvalue weighted by Crippen LogP contribution is 2.25. The van der Waals surface area contributed by atoms with Crippen LogP contribution in [0.15, 0.2) is 76.2 Å². The van der Waals surface area contributed by atoms with Gasteiger partial charge in [0.25, 0.3) is 0 Å². The number of aliphatic imine (C=N–C) groups is 1. The Morgan fingerprint density at radius 2 is 1.78 bits per heavy atom. The Hall–Kier alpha value is -2.30. The molecule has 3 nitrogen and oxygen atoms in total. The van der Waals surface area contributed by atoms with Crippen LogP contribution in [0.2, 0.25) is 5.02 Å². The summed E-state index contributed by atoms with van der Waals surface area (Å²) in [4.78, 5) is 4.54. The Kier molecular flexibility index (Phi) is 6.91. The Bertz CT molecular complexity index is 926. The molecule has 0 unspecified atom stereocenters. The topological polar surface area (TPSA) is 30.8 Å². The Balaban J connectivity index is 1.76. The van der Waals surface area contributed by atoms with Gasteiger partial charge in [-0.25, -0.2) is 0 Å². The standard InChI is InChI=1S/C22H19BrClNO2/c1-2-26-20-10-8-19(9-11-20)25-14-17-13-18(23)7-12-22(17)27-15-16-5-3-4-6-21(16)24/h3-14H,2,15H2,1H3. The molecule has 3 rings (SSSR count). The van der Waals surface area contributed by atoms with Crippen LogP contribution in [0.1, 0.15) is 18.1 Å². The van der Waals surface area contributed by atoms with E-state index in [0.29, 0.717) is 18.2 Å². The number of halogens is 2. The third-order valence-corrected chi connectivity index (χ3v) is 4.68. The second-order valence-corrected chi connectivity index (χ2v) is 7.07. The van der Waals surface area contributed by atoms with Crippen LogP contribution in [0.3, 0.4) is 0 Å². The van der Waals surface area contributed by atoms with Crippen LogP contribution in [0, 0.1) is 0 Å². The zero-order valence-electron chi connectivity index (χ0n) is 14.9. The molecular formula is C22H19BrClNO2. The summed E-state index contributed by atoms with van der Waals surface area (Å²) in [6.07, 6.45) is 1.79. The summed E-state index contributed by atoms with van der Waals surface area (Å²) in [6, 6.07) is 21.1. The molecule has 0 saturated carbocycles.